The lowest BCUT2D eigenvalue weighted by molar-refractivity contribution is -0.343. The lowest BCUT2D eigenvalue weighted by atomic mass is 9.88. The number of carbonyl (C=O) groups is 2. The zero-order chi connectivity index (χ0) is 42.2. The Labute approximate surface area is 332 Å². The van der Waals surface area contributed by atoms with E-state index in [0.717, 1.165) is 50.3 Å². The molecule has 1 aromatic carbocycles. The summed E-state index contributed by atoms with van der Waals surface area (Å²) in [5.41, 5.74) is -0.208. The van der Waals surface area contributed by atoms with Gasteiger partial charge in [0.2, 0.25) is 0 Å². The van der Waals surface area contributed by atoms with E-state index in [-0.39, 0.29) is 22.6 Å². The van der Waals surface area contributed by atoms with Gasteiger partial charge >= 0.3 is 11.9 Å². The van der Waals surface area contributed by atoms with Crippen molar-refractivity contribution in [1.82, 2.24) is 0 Å². The highest BCUT2D eigenvalue weighted by Crippen LogP contribution is 2.42. The number of allylic oxidation sites excluding steroid dienone is 5. The minimum Gasteiger partial charge on any atom is -0.508 e. The number of benzene rings is 1. The van der Waals surface area contributed by atoms with Crippen molar-refractivity contribution in [2.75, 3.05) is 13.2 Å². The molecule has 2 heterocycles. The fraction of sp³-hybridized carbons (Fsp3) is 0.610. The Morgan fingerprint density at radius 1 is 0.895 bits per heavy atom. The van der Waals surface area contributed by atoms with Crippen LogP contribution in [0.25, 0.3) is 0 Å². The maximum atomic E-state index is 13.5. The average Bonchev–Trinajstić information content (AvgIpc) is 3.19. The molecule has 57 heavy (non-hydrogen) atoms. The summed E-state index contributed by atoms with van der Waals surface area (Å²) in [5, 5.41) is 95.7. The molecule has 2 saturated heterocycles. The number of esters is 2. The van der Waals surface area contributed by atoms with Crippen LogP contribution >= 0.6 is 0 Å². The van der Waals surface area contributed by atoms with Gasteiger partial charge in [-0.3, -0.25) is 0 Å². The number of hydrogen-bond donors (Lipinski definition) is 9. The summed E-state index contributed by atoms with van der Waals surface area (Å²) in [6, 6.07) is 2.06. The van der Waals surface area contributed by atoms with Crippen molar-refractivity contribution in [2.24, 2.45) is 5.92 Å². The number of phenols is 2. The highest BCUT2D eigenvalue weighted by Gasteiger charge is 2.53. The Kier molecular flexibility index (Phi) is 19.8. The van der Waals surface area contributed by atoms with Crippen molar-refractivity contribution in [1.29, 1.82) is 0 Å². The molecule has 2 fully saturated rings. The predicted octanol–water partition coefficient (Wildman–Crippen LogP) is 2.02. The summed E-state index contributed by atoms with van der Waals surface area (Å²) >= 11 is 0. The Morgan fingerprint density at radius 3 is 2.30 bits per heavy atom. The third-order valence-corrected chi connectivity index (χ3v) is 10.1. The van der Waals surface area contributed by atoms with E-state index in [1.165, 1.54) is 19.1 Å². The molecule has 16 nitrogen and oxygen atoms in total. The van der Waals surface area contributed by atoms with Gasteiger partial charge in [0.15, 0.2) is 12.4 Å². The molecule has 16 heteroatoms. The van der Waals surface area contributed by atoms with Gasteiger partial charge in [-0.25, -0.2) is 9.59 Å². The van der Waals surface area contributed by atoms with Crippen molar-refractivity contribution in [3.05, 3.63) is 71.4 Å². The predicted molar refractivity (Wildman–Crippen MR) is 204 cm³/mol. The van der Waals surface area contributed by atoms with Crippen LogP contribution in [-0.2, 0) is 39.9 Å². The molecule has 1 aromatic rings. The Hall–Kier alpha value is -3.68. The first kappa shape index (κ1) is 47.7. The van der Waals surface area contributed by atoms with Crippen LogP contribution in [0.5, 0.6) is 11.5 Å². The molecule has 320 valence electrons. The van der Waals surface area contributed by atoms with Gasteiger partial charge in [-0.05, 0) is 43.7 Å². The van der Waals surface area contributed by atoms with Crippen molar-refractivity contribution >= 4 is 11.9 Å². The van der Waals surface area contributed by atoms with Gasteiger partial charge in [-0.2, -0.15) is 0 Å². The van der Waals surface area contributed by atoms with Gasteiger partial charge in [-0.15, -0.1) is 0 Å². The normalized spacial score (nSPS) is 29.6. The second-order valence-electron chi connectivity index (χ2n) is 14.3. The van der Waals surface area contributed by atoms with Crippen LogP contribution < -0.4 is 0 Å². The lowest BCUT2D eigenvalue weighted by Crippen LogP contribution is -2.64. The number of rotatable bonds is 20. The first-order valence-corrected chi connectivity index (χ1v) is 19.4. The number of aliphatic hydroxyl groups is 7. The largest absolute Gasteiger partial charge is 0.508 e. The summed E-state index contributed by atoms with van der Waals surface area (Å²) in [6.45, 7) is 5.21. The van der Waals surface area contributed by atoms with E-state index in [0.29, 0.717) is 6.42 Å². The summed E-state index contributed by atoms with van der Waals surface area (Å²) in [6.07, 6.45) is -1.90. The number of unbranched alkanes of at least 4 members (excludes halogenated alkanes) is 3. The minimum absolute atomic E-state index is 0.0396. The SMILES string of the molecule is CCCCC/C=C\C=C\C(=O)OC[C@H]1O[C@@H](O[C@H]2[C@H](OC(=O)/C(C)=C/C=C/CC(O)C(C)CC)[C@@H](O)C(c3c(O)cc(O)cc3CO)O[C@@H]2CO)[C@H](O)[C@@H](O)[C@H]1O. The molecule has 3 unspecified atom stereocenters. The molecule has 0 amide bonds. The standard InChI is InChI=1S/C41H60O16/c1-5-7-8-9-10-11-12-17-31(47)53-22-30-33(48)34(49)35(50)41(55-30)57-37-29(21-43)54-38(32-25(20-42)18-26(44)19-28(32)46)36(51)39(37)56-40(52)24(4)15-13-14-16-27(45)23(3)6-2/h10-15,17-19,23,27,29-30,33-39,41-46,48-51H,5-9,16,20-22H2,1-4H3/b11-10-,14-13+,17-12+,24-15+/t23?,27?,29-,30-,33+,34+,35-,36+,37-,38?,39-,41+/m1/s1. The number of hydrogen-bond acceptors (Lipinski definition) is 16. The van der Waals surface area contributed by atoms with Gasteiger partial charge in [-0.1, -0.05) is 76.5 Å². The molecule has 2 aliphatic rings. The van der Waals surface area contributed by atoms with Gasteiger partial charge in [0.25, 0.3) is 0 Å². The fourth-order valence-corrected chi connectivity index (χ4v) is 6.33. The number of ether oxygens (including phenoxy) is 5. The van der Waals surface area contributed by atoms with Gasteiger partial charge in [0, 0.05) is 23.3 Å². The van der Waals surface area contributed by atoms with Crippen LogP contribution in [0.15, 0.2) is 60.2 Å². The first-order valence-electron chi connectivity index (χ1n) is 19.4. The molecule has 0 spiro atoms. The quantitative estimate of drug-likeness (QED) is 0.0395. The van der Waals surface area contributed by atoms with Crippen LogP contribution in [0, 0.1) is 5.92 Å². The van der Waals surface area contributed by atoms with E-state index < -0.39 is 111 Å². The van der Waals surface area contributed by atoms with Crippen molar-refractivity contribution in [3.8, 4) is 11.5 Å². The molecule has 0 saturated carbocycles. The van der Waals surface area contributed by atoms with Gasteiger partial charge < -0.3 is 69.6 Å². The number of aliphatic hydroxyl groups excluding tert-OH is 7. The van der Waals surface area contributed by atoms with Crippen LogP contribution in [0.3, 0.4) is 0 Å². The minimum atomic E-state index is -1.95. The molecule has 0 bridgehead atoms. The third kappa shape index (κ3) is 13.4. The Morgan fingerprint density at radius 2 is 1.63 bits per heavy atom. The summed E-state index contributed by atoms with van der Waals surface area (Å²) in [4.78, 5) is 25.9. The molecular weight excluding hydrogens is 748 g/mol. The smallest absolute Gasteiger partial charge is 0.334 e. The summed E-state index contributed by atoms with van der Waals surface area (Å²) in [7, 11) is 0. The fourth-order valence-electron chi connectivity index (χ4n) is 6.33. The van der Waals surface area contributed by atoms with Crippen LogP contribution in [0.2, 0.25) is 0 Å². The van der Waals surface area contributed by atoms with E-state index >= 15 is 0 Å². The summed E-state index contributed by atoms with van der Waals surface area (Å²) < 4.78 is 28.6. The highest BCUT2D eigenvalue weighted by atomic mass is 16.7. The second-order valence-corrected chi connectivity index (χ2v) is 14.3. The van der Waals surface area contributed by atoms with Gasteiger partial charge in [0.1, 0.15) is 66.9 Å². The van der Waals surface area contributed by atoms with Crippen molar-refractivity contribution < 1.29 is 79.2 Å². The van der Waals surface area contributed by atoms with E-state index in [1.54, 1.807) is 18.2 Å². The Bertz CT molecular complexity index is 1540. The number of carbonyl (C=O) groups excluding carboxylic acids is 2. The number of phenolic OH excluding ortho intramolecular Hbond substituents is 2. The topological polar surface area (TPSA) is 262 Å². The van der Waals surface area contributed by atoms with E-state index in [4.69, 9.17) is 23.7 Å². The third-order valence-electron chi connectivity index (χ3n) is 10.1. The molecule has 0 aliphatic carbocycles. The van der Waals surface area contributed by atoms with Crippen LogP contribution in [-0.4, -0.2) is 132 Å². The average molecular weight is 809 g/mol. The van der Waals surface area contributed by atoms with Crippen molar-refractivity contribution in [2.45, 2.75) is 140 Å². The highest BCUT2D eigenvalue weighted by molar-refractivity contribution is 5.88. The first-order chi connectivity index (χ1) is 27.2. The van der Waals surface area contributed by atoms with E-state index in [2.05, 4.69) is 6.92 Å². The zero-order valence-electron chi connectivity index (χ0n) is 32.9. The molecule has 3 rings (SSSR count). The van der Waals surface area contributed by atoms with Crippen LogP contribution in [0.1, 0.15) is 83.5 Å². The van der Waals surface area contributed by atoms with E-state index in [9.17, 15) is 55.5 Å². The zero-order valence-corrected chi connectivity index (χ0v) is 32.9. The maximum absolute atomic E-state index is 13.5. The summed E-state index contributed by atoms with van der Waals surface area (Å²) in [5.74, 6) is -2.70. The van der Waals surface area contributed by atoms with Gasteiger partial charge in [0.05, 0.1) is 19.3 Å². The molecular formula is C41H60O16. The van der Waals surface area contributed by atoms with E-state index in [1.807, 2.05) is 19.9 Å². The number of aromatic hydroxyl groups is 2. The molecule has 2 aliphatic heterocycles. The monoisotopic (exact) mass is 808 g/mol. The lowest BCUT2D eigenvalue weighted by Gasteiger charge is -2.47. The molecule has 12 atom stereocenters. The second kappa shape index (κ2) is 23.7. The molecule has 0 radical (unpaired) electrons. The molecule has 0 aromatic heterocycles. The van der Waals surface area contributed by atoms with Crippen LogP contribution in [0.4, 0.5) is 0 Å². The maximum Gasteiger partial charge on any atom is 0.334 e. The van der Waals surface area contributed by atoms with Crippen molar-refractivity contribution in [3.63, 3.8) is 0 Å². The Balaban J connectivity index is 1.89. The molecule has 9 N–H and O–H groups in total.